The van der Waals surface area contributed by atoms with Crippen molar-refractivity contribution in [2.75, 3.05) is 12.0 Å². The van der Waals surface area contributed by atoms with E-state index >= 15 is 0 Å². The number of aliphatic carboxylic acids is 1. The molecule has 0 fully saturated rings. The van der Waals surface area contributed by atoms with Gasteiger partial charge >= 0.3 is 0 Å². The highest BCUT2D eigenvalue weighted by molar-refractivity contribution is 7.98. The smallest absolute Gasteiger partial charge is 0.168 e. The molecule has 0 N–H and O–H groups in total. The zero-order chi connectivity index (χ0) is 11.5. The predicted octanol–water partition coefficient (Wildman–Crippen LogP) is 0.483. The second-order valence-electron chi connectivity index (χ2n) is 2.82. The number of carbonyl (C=O) groups is 1. The Morgan fingerprint density at radius 1 is 1.33 bits per heavy atom. The summed E-state index contributed by atoms with van der Waals surface area (Å²) < 4.78 is 2.12. The summed E-state index contributed by atoms with van der Waals surface area (Å²) in [5.74, 6) is -0.308. The molecule has 0 aliphatic rings. The van der Waals surface area contributed by atoms with Gasteiger partial charge in [-0.15, -0.1) is 0 Å². The molecule has 0 spiro atoms. The lowest BCUT2D eigenvalue weighted by molar-refractivity contribution is -0.693. The molecule has 0 radical (unpaired) electrons. The van der Waals surface area contributed by atoms with E-state index in [1.807, 2.05) is 24.5 Å². The second kappa shape index (κ2) is 9.52. The standard InChI is InChI=1S/C7H10N.C4H8O2S/c1-2-8-6-4-3-5-7-8;1-7-3-2-4(5)6/h3-7H,2H2,1H3;2-3H2,1H3,(H,5,6)/q+1;/p-1. The largest absolute Gasteiger partial charge is 0.550 e. The van der Waals surface area contributed by atoms with Gasteiger partial charge < -0.3 is 9.90 Å². The molecule has 0 aliphatic carbocycles. The number of carboxylic acid groups (broad SMARTS) is 1. The van der Waals surface area contributed by atoms with E-state index in [0.29, 0.717) is 5.75 Å². The second-order valence-corrected chi connectivity index (χ2v) is 3.81. The fourth-order valence-corrected chi connectivity index (χ4v) is 1.20. The molecular weight excluding hydrogens is 210 g/mol. The summed E-state index contributed by atoms with van der Waals surface area (Å²) in [7, 11) is 0. The number of aromatic nitrogens is 1. The molecule has 4 heteroatoms. The number of hydrogen-bond acceptors (Lipinski definition) is 3. The summed E-state index contributed by atoms with van der Waals surface area (Å²) >= 11 is 1.51. The topological polar surface area (TPSA) is 44.0 Å². The van der Waals surface area contributed by atoms with Gasteiger partial charge in [-0.25, -0.2) is 4.57 Å². The highest BCUT2D eigenvalue weighted by Gasteiger charge is 1.86. The van der Waals surface area contributed by atoms with Gasteiger partial charge in [0.1, 0.15) is 6.54 Å². The molecule has 84 valence electrons. The van der Waals surface area contributed by atoms with E-state index in [1.165, 1.54) is 11.8 Å². The summed E-state index contributed by atoms with van der Waals surface area (Å²) in [5.41, 5.74) is 0. The van der Waals surface area contributed by atoms with Crippen LogP contribution in [0.3, 0.4) is 0 Å². The Bertz CT molecular complexity index is 265. The van der Waals surface area contributed by atoms with Gasteiger partial charge in [0, 0.05) is 18.1 Å². The molecule has 0 saturated carbocycles. The number of rotatable bonds is 4. The molecule has 0 bridgehead atoms. The number of nitrogens with zero attached hydrogens (tertiary/aromatic N) is 1. The lowest BCUT2D eigenvalue weighted by Crippen LogP contribution is -2.30. The molecule has 15 heavy (non-hydrogen) atoms. The molecule has 0 aliphatic heterocycles. The van der Waals surface area contributed by atoms with Crippen molar-refractivity contribution in [3.63, 3.8) is 0 Å². The monoisotopic (exact) mass is 227 g/mol. The highest BCUT2D eigenvalue weighted by Crippen LogP contribution is 1.92. The SMILES string of the molecule is CC[n+]1ccccc1.CSCCC(=O)[O-]. The van der Waals surface area contributed by atoms with Crippen molar-refractivity contribution in [2.24, 2.45) is 0 Å². The summed E-state index contributed by atoms with van der Waals surface area (Å²) in [4.78, 5) is 9.63. The summed E-state index contributed by atoms with van der Waals surface area (Å²) in [6, 6.07) is 6.08. The molecule has 1 aromatic rings. The minimum atomic E-state index is -0.964. The van der Waals surface area contributed by atoms with Gasteiger partial charge in [0.05, 0.1) is 0 Å². The first kappa shape index (κ1) is 14.0. The highest BCUT2D eigenvalue weighted by atomic mass is 32.2. The average Bonchev–Trinajstić information content (AvgIpc) is 2.28. The Morgan fingerprint density at radius 2 is 1.93 bits per heavy atom. The lowest BCUT2D eigenvalue weighted by Gasteiger charge is -1.95. The van der Waals surface area contributed by atoms with E-state index in [0.717, 1.165) is 6.54 Å². The molecule has 3 nitrogen and oxygen atoms in total. The maximum Gasteiger partial charge on any atom is 0.168 e. The third kappa shape index (κ3) is 9.28. The quantitative estimate of drug-likeness (QED) is 0.703. The van der Waals surface area contributed by atoms with Gasteiger partial charge in [-0.2, -0.15) is 11.8 Å². The van der Waals surface area contributed by atoms with Gasteiger partial charge in [-0.05, 0) is 25.4 Å². The van der Waals surface area contributed by atoms with Gasteiger partial charge in [-0.1, -0.05) is 6.07 Å². The van der Waals surface area contributed by atoms with Crippen molar-refractivity contribution in [2.45, 2.75) is 19.9 Å². The van der Waals surface area contributed by atoms with Crippen molar-refractivity contribution in [1.29, 1.82) is 0 Å². The van der Waals surface area contributed by atoms with E-state index in [-0.39, 0.29) is 6.42 Å². The molecule has 1 aromatic heterocycles. The number of aryl methyl sites for hydroxylation is 1. The van der Waals surface area contributed by atoms with E-state index < -0.39 is 5.97 Å². The van der Waals surface area contributed by atoms with Crippen LogP contribution < -0.4 is 9.67 Å². The summed E-state index contributed by atoms with van der Waals surface area (Å²) in [6.07, 6.45) is 6.14. The van der Waals surface area contributed by atoms with E-state index in [4.69, 9.17) is 0 Å². The van der Waals surface area contributed by atoms with Gasteiger partial charge in [0.15, 0.2) is 12.4 Å². The number of thioether (sulfide) groups is 1. The van der Waals surface area contributed by atoms with Gasteiger partial charge in [0.2, 0.25) is 0 Å². The molecule has 0 saturated heterocycles. The Labute approximate surface area is 95.1 Å². The van der Waals surface area contributed by atoms with Crippen LogP contribution in [-0.2, 0) is 11.3 Å². The third-order valence-electron chi connectivity index (χ3n) is 1.65. The van der Waals surface area contributed by atoms with Gasteiger partial charge in [0.25, 0.3) is 0 Å². The lowest BCUT2D eigenvalue weighted by atomic mass is 10.5. The Balaban J connectivity index is 0.000000265. The van der Waals surface area contributed by atoms with Crippen LogP contribution in [0.4, 0.5) is 0 Å². The zero-order valence-corrected chi connectivity index (χ0v) is 10.00. The van der Waals surface area contributed by atoms with Crippen LogP contribution in [0.2, 0.25) is 0 Å². The van der Waals surface area contributed by atoms with Crippen molar-refractivity contribution >= 4 is 17.7 Å². The summed E-state index contributed by atoms with van der Waals surface area (Å²) in [6.45, 7) is 3.18. The first-order valence-electron chi connectivity index (χ1n) is 4.83. The maximum absolute atomic E-state index is 9.63. The fraction of sp³-hybridized carbons (Fsp3) is 0.455. The maximum atomic E-state index is 9.63. The van der Waals surface area contributed by atoms with E-state index in [9.17, 15) is 9.90 Å². The molecule has 0 amide bonds. The Morgan fingerprint density at radius 3 is 2.20 bits per heavy atom. The number of carboxylic acids is 1. The van der Waals surface area contributed by atoms with Crippen LogP contribution >= 0.6 is 11.8 Å². The van der Waals surface area contributed by atoms with E-state index in [1.54, 1.807) is 0 Å². The number of pyridine rings is 1. The van der Waals surface area contributed by atoms with Crippen LogP contribution in [0.1, 0.15) is 13.3 Å². The van der Waals surface area contributed by atoms with Crippen molar-refractivity contribution < 1.29 is 14.5 Å². The zero-order valence-electron chi connectivity index (χ0n) is 9.18. The average molecular weight is 227 g/mol. The van der Waals surface area contributed by atoms with Crippen LogP contribution in [0, 0.1) is 0 Å². The summed E-state index contributed by atoms with van der Waals surface area (Å²) in [5, 5.41) is 9.63. The van der Waals surface area contributed by atoms with Crippen LogP contribution in [0.5, 0.6) is 0 Å². The molecule has 1 heterocycles. The van der Waals surface area contributed by atoms with Crippen molar-refractivity contribution in [3.8, 4) is 0 Å². The molecule has 0 unspecified atom stereocenters. The molecule has 1 rings (SSSR count). The van der Waals surface area contributed by atoms with Crippen LogP contribution in [0.25, 0.3) is 0 Å². The minimum absolute atomic E-state index is 0.168. The van der Waals surface area contributed by atoms with E-state index in [2.05, 4.69) is 23.9 Å². The Kier molecular flexibility index (Phi) is 8.87. The van der Waals surface area contributed by atoms with Crippen molar-refractivity contribution in [3.05, 3.63) is 30.6 Å². The molecular formula is C11H17NO2S. The van der Waals surface area contributed by atoms with Crippen LogP contribution in [0.15, 0.2) is 30.6 Å². The molecule has 0 atom stereocenters. The number of hydrogen-bond donors (Lipinski definition) is 0. The molecule has 0 aromatic carbocycles. The normalized spacial score (nSPS) is 8.93. The Hall–Kier alpha value is -1.03. The number of carbonyl (C=O) groups excluding carboxylic acids is 1. The minimum Gasteiger partial charge on any atom is -0.550 e. The fourth-order valence-electron chi connectivity index (χ4n) is 0.831. The third-order valence-corrected chi connectivity index (χ3v) is 2.27. The van der Waals surface area contributed by atoms with Crippen LogP contribution in [-0.4, -0.2) is 18.0 Å². The first-order valence-corrected chi connectivity index (χ1v) is 6.23. The predicted molar refractivity (Wildman–Crippen MR) is 60.3 cm³/mol. The first-order chi connectivity index (χ1) is 7.20. The van der Waals surface area contributed by atoms with Gasteiger partial charge in [-0.3, -0.25) is 0 Å². The van der Waals surface area contributed by atoms with Crippen molar-refractivity contribution in [1.82, 2.24) is 0 Å².